The number of piperazine rings is 1. The van der Waals surface area contributed by atoms with E-state index in [-0.39, 0.29) is 5.54 Å². The van der Waals surface area contributed by atoms with Crippen molar-refractivity contribution in [3.05, 3.63) is 12.2 Å². The van der Waals surface area contributed by atoms with Gasteiger partial charge in [0.05, 0.1) is 6.54 Å². The first kappa shape index (κ1) is 13.5. The van der Waals surface area contributed by atoms with Crippen molar-refractivity contribution in [2.24, 2.45) is 0 Å². The third-order valence-corrected chi connectivity index (χ3v) is 4.05. The molecule has 0 saturated carbocycles. The molecule has 2 rings (SSSR count). The Hall–Kier alpha value is -0.940. The van der Waals surface area contributed by atoms with E-state index >= 15 is 0 Å². The fourth-order valence-electron chi connectivity index (χ4n) is 2.55. The number of hydrogen-bond donors (Lipinski definition) is 1. The van der Waals surface area contributed by atoms with Crippen molar-refractivity contribution in [1.82, 2.24) is 25.0 Å². The van der Waals surface area contributed by atoms with Gasteiger partial charge in [0.1, 0.15) is 12.2 Å². The summed E-state index contributed by atoms with van der Waals surface area (Å²) in [4.78, 5) is 6.96. The molecular weight excluding hydrogens is 226 g/mol. The first-order valence-corrected chi connectivity index (χ1v) is 7.02. The van der Waals surface area contributed by atoms with Crippen LogP contribution in [0.4, 0.5) is 0 Å². The summed E-state index contributed by atoms with van der Waals surface area (Å²) in [6.45, 7) is 11.9. The number of rotatable bonds is 5. The topological polar surface area (TPSA) is 46.0 Å². The Balaban J connectivity index is 2.09. The fourth-order valence-corrected chi connectivity index (χ4v) is 2.55. The highest BCUT2D eigenvalue weighted by atomic mass is 15.4. The van der Waals surface area contributed by atoms with Gasteiger partial charge in [0, 0.05) is 31.7 Å². The molecule has 2 heterocycles. The van der Waals surface area contributed by atoms with E-state index in [4.69, 9.17) is 0 Å². The lowest BCUT2D eigenvalue weighted by Gasteiger charge is -2.44. The van der Waals surface area contributed by atoms with Crippen LogP contribution in [-0.4, -0.2) is 44.8 Å². The van der Waals surface area contributed by atoms with E-state index in [2.05, 4.69) is 41.1 Å². The molecule has 1 unspecified atom stereocenters. The molecule has 0 bridgehead atoms. The molecule has 5 heteroatoms. The van der Waals surface area contributed by atoms with Crippen molar-refractivity contribution in [1.29, 1.82) is 0 Å². The number of hydrogen-bond acceptors (Lipinski definition) is 4. The minimum Gasteiger partial charge on any atom is -0.314 e. The summed E-state index contributed by atoms with van der Waals surface area (Å²) in [7, 11) is 0. The van der Waals surface area contributed by atoms with E-state index in [1.54, 1.807) is 6.33 Å². The maximum atomic E-state index is 4.42. The van der Waals surface area contributed by atoms with Crippen LogP contribution in [0, 0.1) is 0 Å². The van der Waals surface area contributed by atoms with Crippen LogP contribution >= 0.6 is 0 Å². The van der Waals surface area contributed by atoms with Crippen molar-refractivity contribution in [3.8, 4) is 0 Å². The summed E-state index contributed by atoms with van der Waals surface area (Å²) < 4.78 is 2.04. The van der Waals surface area contributed by atoms with Crippen LogP contribution in [0.15, 0.2) is 6.33 Å². The summed E-state index contributed by atoms with van der Waals surface area (Å²) in [6.07, 6.45) is 3.93. The molecule has 1 atom stereocenters. The Morgan fingerprint density at radius 3 is 3.00 bits per heavy atom. The van der Waals surface area contributed by atoms with Crippen LogP contribution in [0.2, 0.25) is 0 Å². The van der Waals surface area contributed by atoms with Crippen LogP contribution in [-0.2, 0) is 13.1 Å². The van der Waals surface area contributed by atoms with Crippen LogP contribution in [0.3, 0.4) is 0 Å². The lowest BCUT2D eigenvalue weighted by molar-refractivity contribution is 0.0598. The average Bonchev–Trinajstić information content (AvgIpc) is 2.80. The smallest absolute Gasteiger partial charge is 0.141 e. The normalized spacial score (nSPS) is 25.5. The number of aromatic nitrogens is 3. The molecule has 102 valence electrons. The Morgan fingerprint density at radius 1 is 1.44 bits per heavy atom. The first-order valence-electron chi connectivity index (χ1n) is 7.02. The predicted molar refractivity (Wildman–Crippen MR) is 72.3 cm³/mol. The van der Waals surface area contributed by atoms with E-state index in [1.165, 1.54) is 0 Å². The van der Waals surface area contributed by atoms with Crippen molar-refractivity contribution in [2.75, 3.05) is 19.6 Å². The fraction of sp³-hybridized carbons (Fsp3) is 0.846. The van der Waals surface area contributed by atoms with Crippen molar-refractivity contribution >= 4 is 0 Å². The highest BCUT2D eigenvalue weighted by molar-refractivity contribution is 4.95. The maximum absolute atomic E-state index is 4.42. The summed E-state index contributed by atoms with van der Waals surface area (Å²) in [5.41, 5.74) is 0.237. The summed E-state index contributed by atoms with van der Waals surface area (Å²) in [6, 6.07) is 0. The van der Waals surface area contributed by atoms with Gasteiger partial charge in [-0.1, -0.05) is 13.8 Å². The SMILES string of the molecule is CCCn1ncnc1CN1CCNCC1(C)CC. The zero-order valence-corrected chi connectivity index (χ0v) is 11.8. The maximum Gasteiger partial charge on any atom is 0.141 e. The van der Waals surface area contributed by atoms with E-state index in [0.717, 1.165) is 51.4 Å². The van der Waals surface area contributed by atoms with Gasteiger partial charge in [-0.05, 0) is 19.8 Å². The molecule has 0 aromatic carbocycles. The van der Waals surface area contributed by atoms with Crippen LogP contribution < -0.4 is 5.32 Å². The van der Waals surface area contributed by atoms with Gasteiger partial charge < -0.3 is 5.32 Å². The second-order valence-corrected chi connectivity index (χ2v) is 5.35. The molecule has 1 aromatic heterocycles. The Kier molecular flexibility index (Phi) is 4.35. The van der Waals surface area contributed by atoms with Gasteiger partial charge >= 0.3 is 0 Å². The molecule has 1 N–H and O–H groups in total. The second-order valence-electron chi connectivity index (χ2n) is 5.35. The van der Waals surface area contributed by atoms with Crippen LogP contribution in [0.1, 0.15) is 39.4 Å². The minimum atomic E-state index is 0.237. The van der Waals surface area contributed by atoms with Crippen molar-refractivity contribution in [2.45, 2.75) is 52.2 Å². The highest BCUT2D eigenvalue weighted by Crippen LogP contribution is 2.22. The molecule has 0 spiro atoms. The van der Waals surface area contributed by atoms with Crippen molar-refractivity contribution in [3.63, 3.8) is 0 Å². The van der Waals surface area contributed by atoms with Gasteiger partial charge in [0.2, 0.25) is 0 Å². The monoisotopic (exact) mass is 251 g/mol. The van der Waals surface area contributed by atoms with E-state index < -0.39 is 0 Å². The molecule has 1 aliphatic heterocycles. The average molecular weight is 251 g/mol. The molecule has 1 aromatic rings. The molecule has 1 saturated heterocycles. The van der Waals surface area contributed by atoms with E-state index in [1.807, 2.05) is 4.68 Å². The van der Waals surface area contributed by atoms with Crippen LogP contribution in [0.25, 0.3) is 0 Å². The molecule has 1 fully saturated rings. The summed E-state index contributed by atoms with van der Waals surface area (Å²) in [5, 5.41) is 7.80. The first-order chi connectivity index (χ1) is 8.69. The summed E-state index contributed by atoms with van der Waals surface area (Å²) >= 11 is 0. The second kappa shape index (κ2) is 5.80. The van der Waals surface area contributed by atoms with Gasteiger partial charge in [-0.2, -0.15) is 5.10 Å². The molecule has 1 aliphatic rings. The van der Waals surface area contributed by atoms with Crippen molar-refractivity contribution < 1.29 is 0 Å². The molecular formula is C13H25N5. The highest BCUT2D eigenvalue weighted by Gasteiger charge is 2.33. The molecule has 0 radical (unpaired) electrons. The molecule has 5 nitrogen and oxygen atoms in total. The zero-order chi connectivity index (χ0) is 13.0. The predicted octanol–water partition coefficient (Wildman–Crippen LogP) is 1.26. The number of nitrogens with one attached hydrogen (secondary N) is 1. The molecule has 0 amide bonds. The van der Waals surface area contributed by atoms with E-state index in [9.17, 15) is 0 Å². The third kappa shape index (κ3) is 2.72. The summed E-state index contributed by atoms with van der Waals surface area (Å²) in [5.74, 6) is 1.10. The Labute approximate surface area is 110 Å². The molecule has 18 heavy (non-hydrogen) atoms. The van der Waals surface area contributed by atoms with Gasteiger partial charge in [0.15, 0.2) is 0 Å². The quantitative estimate of drug-likeness (QED) is 0.856. The van der Waals surface area contributed by atoms with Gasteiger partial charge in [0.25, 0.3) is 0 Å². The lowest BCUT2D eigenvalue weighted by Crippen LogP contribution is -2.58. The number of aryl methyl sites for hydroxylation is 1. The zero-order valence-electron chi connectivity index (χ0n) is 11.8. The van der Waals surface area contributed by atoms with Gasteiger partial charge in [-0.15, -0.1) is 0 Å². The number of nitrogens with zero attached hydrogens (tertiary/aromatic N) is 4. The Bertz CT molecular complexity index is 375. The Morgan fingerprint density at radius 2 is 2.28 bits per heavy atom. The molecule has 0 aliphatic carbocycles. The van der Waals surface area contributed by atoms with E-state index in [0.29, 0.717) is 0 Å². The van der Waals surface area contributed by atoms with Gasteiger partial charge in [-0.3, -0.25) is 4.90 Å². The van der Waals surface area contributed by atoms with Gasteiger partial charge in [-0.25, -0.2) is 9.67 Å². The standard InChI is InChI=1S/C13H25N5/c1-4-7-18-12(15-11-16-18)9-17-8-6-14-10-13(17,3)5-2/h11,14H,4-10H2,1-3H3. The largest absolute Gasteiger partial charge is 0.314 e. The third-order valence-electron chi connectivity index (χ3n) is 4.05. The minimum absolute atomic E-state index is 0.237. The van der Waals surface area contributed by atoms with Crippen LogP contribution in [0.5, 0.6) is 0 Å². The lowest BCUT2D eigenvalue weighted by atomic mass is 9.94.